The standard InChI is InChI=1S/C24H24O7/c1-13(2)6-11-17-18(26)12-19(29-5)20-21(27)24(30-14(3)25)22(31-23(17)20)15-7-9-16(28-4)10-8-15/h6-10,12,26H,11H2,1-5H3. The molecule has 3 rings (SSSR count). The Morgan fingerprint density at radius 3 is 2.32 bits per heavy atom. The molecule has 31 heavy (non-hydrogen) atoms. The van der Waals surface area contributed by atoms with Gasteiger partial charge in [-0.2, -0.15) is 0 Å². The number of aromatic hydroxyl groups is 1. The SMILES string of the molecule is COc1ccc(-c2oc3c(CC=C(C)C)c(O)cc(OC)c3c(=O)c2OC(C)=O)cc1. The lowest BCUT2D eigenvalue weighted by Gasteiger charge is -2.15. The minimum Gasteiger partial charge on any atom is -0.507 e. The lowest BCUT2D eigenvalue weighted by molar-refractivity contribution is -0.132. The fourth-order valence-electron chi connectivity index (χ4n) is 3.19. The summed E-state index contributed by atoms with van der Waals surface area (Å²) in [7, 11) is 2.92. The third-order valence-corrected chi connectivity index (χ3v) is 4.70. The number of rotatable bonds is 6. The molecule has 0 saturated carbocycles. The number of phenolic OH excluding ortho intramolecular Hbond substituents is 1. The second-order valence-electron chi connectivity index (χ2n) is 7.18. The van der Waals surface area contributed by atoms with Crippen LogP contribution >= 0.6 is 0 Å². The second kappa shape index (κ2) is 8.95. The highest BCUT2D eigenvalue weighted by Crippen LogP contribution is 2.39. The fraction of sp³-hybridized carbons (Fsp3) is 0.250. The van der Waals surface area contributed by atoms with Gasteiger partial charge in [0.15, 0.2) is 5.76 Å². The first-order valence-corrected chi connectivity index (χ1v) is 9.62. The lowest BCUT2D eigenvalue weighted by atomic mass is 10.0. The number of ether oxygens (including phenoxy) is 3. The molecule has 0 fully saturated rings. The Balaban J connectivity index is 2.43. The fourth-order valence-corrected chi connectivity index (χ4v) is 3.19. The van der Waals surface area contributed by atoms with Crippen molar-refractivity contribution in [3.05, 3.63) is 57.8 Å². The summed E-state index contributed by atoms with van der Waals surface area (Å²) in [5, 5.41) is 10.7. The summed E-state index contributed by atoms with van der Waals surface area (Å²) in [6.45, 7) is 5.07. The summed E-state index contributed by atoms with van der Waals surface area (Å²) in [5.41, 5.74) is 1.57. The van der Waals surface area contributed by atoms with E-state index >= 15 is 0 Å². The summed E-state index contributed by atoms with van der Waals surface area (Å²) >= 11 is 0. The van der Waals surface area contributed by atoms with E-state index in [0.717, 1.165) is 5.57 Å². The Morgan fingerprint density at radius 1 is 1.10 bits per heavy atom. The van der Waals surface area contributed by atoms with E-state index in [4.69, 9.17) is 18.6 Å². The molecule has 0 amide bonds. The summed E-state index contributed by atoms with van der Waals surface area (Å²) < 4.78 is 21.9. The van der Waals surface area contributed by atoms with Gasteiger partial charge < -0.3 is 23.7 Å². The molecule has 3 aromatic rings. The van der Waals surface area contributed by atoms with Crippen LogP contribution in [0.4, 0.5) is 0 Å². The molecule has 0 radical (unpaired) electrons. The van der Waals surface area contributed by atoms with Crippen molar-refractivity contribution in [2.24, 2.45) is 0 Å². The van der Waals surface area contributed by atoms with Crippen LogP contribution in [0.1, 0.15) is 26.3 Å². The van der Waals surface area contributed by atoms with Crippen molar-refractivity contribution >= 4 is 16.9 Å². The first kappa shape index (κ1) is 22.0. The van der Waals surface area contributed by atoms with Gasteiger partial charge in [0.25, 0.3) is 0 Å². The topological polar surface area (TPSA) is 95.2 Å². The number of esters is 1. The Kier molecular flexibility index (Phi) is 6.34. The molecule has 0 aliphatic carbocycles. The number of benzene rings is 2. The quantitative estimate of drug-likeness (QED) is 0.456. The molecule has 0 bridgehead atoms. The van der Waals surface area contributed by atoms with Crippen LogP contribution in [0.15, 0.2) is 51.2 Å². The molecule has 162 valence electrons. The smallest absolute Gasteiger partial charge is 0.308 e. The highest BCUT2D eigenvalue weighted by molar-refractivity contribution is 5.92. The molecule has 0 unspecified atom stereocenters. The molecule has 0 aliphatic rings. The first-order valence-electron chi connectivity index (χ1n) is 9.62. The van der Waals surface area contributed by atoms with Crippen molar-refractivity contribution in [1.29, 1.82) is 0 Å². The zero-order valence-corrected chi connectivity index (χ0v) is 18.1. The molecule has 1 aromatic heterocycles. The average Bonchev–Trinajstić information content (AvgIpc) is 2.73. The van der Waals surface area contributed by atoms with E-state index in [1.807, 2.05) is 19.9 Å². The molecule has 0 aliphatic heterocycles. The van der Waals surface area contributed by atoms with Gasteiger partial charge in [-0.25, -0.2) is 0 Å². The minimum atomic E-state index is -0.663. The Hall–Kier alpha value is -3.74. The van der Waals surface area contributed by atoms with E-state index in [1.54, 1.807) is 31.4 Å². The number of allylic oxidation sites excluding steroid dienone is 2. The van der Waals surface area contributed by atoms with Gasteiger partial charge in [0, 0.05) is 24.1 Å². The van der Waals surface area contributed by atoms with Gasteiger partial charge in [-0.05, 0) is 44.5 Å². The largest absolute Gasteiger partial charge is 0.507 e. The number of fused-ring (bicyclic) bond motifs is 1. The number of carbonyl (C=O) groups excluding carboxylic acids is 1. The van der Waals surface area contributed by atoms with E-state index in [-0.39, 0.29) is 34.0 Å². The van der Waals surface area contributed by atoms with E-state index in [0.29, 0.717) is 23.3 Å². The third kappa shape index (κ3) is 4.40. The van der Waals surface area contributed by atoms with Crippen LogP contribution in [-0.2, 0) is 11.2 Å². The Labute approximate surface area is 179 Å². The summed E-state index contributed by atoms with van der Waals surface area (Å²) in [4.78, 5) is 25.2. The van der Waals surface area contributed by atoms with Gasteiger partial charge in [-0.1, -0.05) is 11.6 Å². The van der Waals surface area contributed by atoms with Gasteiger partial charge in [-0.15, -0.1) is 0 Å². The van der Waals surface area contributed by atoms with Crippen LogP contribution in [0.5, 0.6) is 23.0 Å². The van der Waals surface area contributed by atoms with Crippen LogP contribution in [0.25, 0.3) is 22.3 Å². The molecular formula is C24H24O7. The predicted molar refractivity (Wildman–Crippen MR) is 117 cm³/mol. The van der Waals surface area contributed by atoms with E-state index in [9.17, 15) is 14.7 Å². The van der Waals surface area contributed by atoms with Crippen LogP contribution in [0.3, 0.4) is 0 Å². The molecule has 1 heterocycles. The summed E-state index contributed by atoms with van der Waals surface area (Å²) in [5.74, 6) is -0.167. The highest BCUT2D eigenvalue weighted by Gasteiger charge is 2.25. The van der Waals surface area contributed by atoms with Gasteiger partial charge in [-0.3, -0.25) is 9.59 Å². The molecule has 1 N–H and O–H groups in total. The highest BCUT2D eigenvalue weighted by atomic mass is 16.5. The normalized spacial score (nSPS) is 10.6. The van der Waals surface area contributed by atoms with Gasteiger partial charge in [0.05, 0.1) is 14.2 Å². The van der Waals surface area contributed by atoms with Gasteiger partial charge >= 0.3 is 5.97 Å². The molecular weight excluding hydrogens is 400 g/mol. The van der Waals surface area contributed by atoms with Crippen molar-refractivity contribution in [3.63, 3.8) is 0 Å². The van der Waals surface area contributed by atoms with Crippen molar-refractivity contribution in [1.82, 2.24) is 0 Å². The van der Waals surface area contributed by atoms with Crippen molar-refractivity contribution < 1.29 is 28.5 Å². The molecule has 0 spiro atoms. The maximum atomic E-state index is 13.4. The Bertz CT molecular complexity index is 1210. The maximum absolute atomic E-state index is 13.4. The van der Waals surface area contributed by atoms with Crippen LogP contribution in [0, 0.1) is 0 Å². The first-order chi connectivity index (χ1) is 14.8. The molecule has 2 aromatic carbocycles. The van der Waals surface area contributed by atoms with Crippen LogP contribution in [0.2, 0.25) is 0 Å². The van der Waals surface area contributed by atoms with Crippen molar-refractivity contribution in [2.75, 3.05) is 14.2 Å². The van der Waals surface area contributed by atoms with Crippen molar-refractivity contribution in [3.8, 4) is 34.3 Å². The number of carbonyl (C=O) groups is 1. The monoisotopic (exact) mass is 424 g/mol. The lowest BCUT2D eigenvalue weighted by Crippen LogP contribution is -2.14. The summed E-state index contributed by atoms with van der Waals surface area (Å²) in [6, 6.07) is 8.13. The predicted octanol–water partition coefficient (Wildman–Crippen LogP) is 4.62. The van der Waals surface area contributed by atoms with Gasteiger partial charge in [0.1, 0.15) is 28.2 Å². The van der Waals surface area contributed by atoms with E-state index in [1.165, 1.54) is 20.1 Å². The van der Waals surface area contributed by atoms with Gasteiger partial charge in [0.2, 0.25) is 11.2 Å². The van der Waals surface area contributed by atoms with E-state index < -0.39 is 11.4 Å². The zero-order chi connectivity index (χ0) is 22.7. The number of hydrogen-bond donors (Lipinski definition) is 1. The second-order valence-corrected chi connectivity index (χ2v) is 7.18. The minimum absolute atomic E-state index is 0.0640. The Morgan fingerprint density at radius 2 is 1.77 bits per heavy atom. The number of phenols is 1. The summed E-state index contributed by atoms with van der Waals surface area (Å²) in [6.07, 6.45) is 2.25. The average molecular weight is 424 g/mol. The zero-order valence-electron chi connectivity index (χ0n) is 18.1. The number of hydrogen-bond acceptors (Lipinski definition) is 7. The molecule has 0 saturated heterocycles. The van der Waals surface area contributed by atoms with E-state index in [2.05, 4.69) is 0 Å². The van der Waals surface area contributed by atoms with Crippen molar-refractivity contribution in [2.45, 2.75) is 27.2 Å². The number of methoxy groups -OCH3 is 2. The maximum Gasteiger partial charge on any atom is 0.308 e. The molecule has 7 nitrogen and oxygen atoms in total. The van der Waals surface area contributed by atoms with Crippen LogP contribution < -0.4 is 19.6 Å². The molecule has 0 atom stereocenters. The van der Waals surface area contributed by atoms with Crippen LogP contribution in [-0.4, -0.2) is 25.3 Å². The molecule has 7 heteroatoms. The third-order valence-electron chi connectivity index (χ3n) is 4.70.